The van der Waals surface area contributed by atoms with Gasteiger partial charge in [-0.3, -0.25) is 9.59 Å². The summed E-state index contributed by atoms with van der Waals surface area (Å²) in [5, 5.41) is 4.98. The fourth-order valence-electron chi connectivity index (χ4n) is 1.38. The molecule has 0 saturated carbocycles. The summed E-state index contributed by atoms with van der Waals surface area (Å²) >= 11 is 0. The summed E-state index contributed by atoms with van der Waals surface area (Å²) in [6.07, 6.45) is 1.34. The van der Waals surface area contributed by atoms with Crippen molar-refractivity contribution in [3.8, 4) is 0 Å². The molecule has 0 spiro atoms. The standard InChI is InChI=1S/C8H11BN2O3/c9-11-7-6(10-8(7)14)2-1-5(13)3-4-12/h4,6-7,11H,1-3H2,(H,10,14). The summed E-state index contributed by atoms with van der Waals surface area (Å²) < 4.78 is 0. The van der Waals surface area contributed by atoms with Gasteiger partial charge in [-0.15, -0.1) is 0 Å². The molecular formula is C8H11BN2O3. The van der Waals surface area contributed by atoms with E-state index >= 15 is 0 Å². The number of rotatable bonds is 6. The van der Waals surface area contributed by atoms with Crippen LogP contribution in [0.4, 0.5) is 0 Å². The van der Waals surface area contributed by atoms with E-state index in [1.165, 1.54) is 0 Å². The van der Waals surface area contributed by atoms with E-state index in [0.717, 1.165) is 0 Å². The summed E-state index contributed by atoms with van der Waals surface area (Å²) in [5.74, 6) is -0.266. The molecule has 14 heavy (non-hydrogen) atoms. The van der Waals surface area contributed by atoms with Gasteiger partial charge in [0, 0.05) is 6.42 Å². The van der Waals surface area contributed by atoms with E-state index in [0.29, 0.717) is 19.1 Å². The van der Waals surface area contributed by atoms with Crippen molar-refractivity contribution in [1.82, 2.24) is 10.5 Å². The van der Waals surface area contributed by atoms with Crippen molar-refractivity contribution in [3.63, 3.8) is 0 Å². The first kappa shape index (κ1) is 10.9. The molecule has 2 unspecified atom stereocenters. The Balaban J connectivity index is 2.22. The molecule has 1 rings (SSSR count). The van der Waals surface area contributed by atoms with Crippen LogP contribution in [0.2, 0.25) is 0 Å². The van der Waals surface area contributed by atoms with Crippen LogP contribution in [0, 0.1) is 0 Å². The summed E-state index contributed by atoms with van der Waals surface area (Å²) in [4.78, 5) is 31.8. The first-order valence-corrected chi connectivity index (χ1v) is 4.41. The molecule has 2 N–H and O–H groups in total. The number of hydrogen-bond donors (Lipinski definition) is 2. The second-order valence-electron chi connectivity index (χ2n) is 3.21. The minimum Gasteiger partial charge on any atom is -0.354 e. The molecule has 1 amide bonds. The van der Waals surface area contributed by atoms with E-state index in [9.17, 15) is 14.4 Å². The molecule has 0 bridgehead atoms. The number of Topliss-reactive ketones (excluding diaryl/α,β-unsaturated/α-hetero) is 1. The van der Waals surface area contributed by atoms with Gasteiger partial charge in [0.2, 0.25) is 5.91 Å². The lowest BCUT2D eigenvalue weighted by atomic mass is 9.92. The second-order valence-corrected chi connectivity index (χ2v) is 3.21. The van der Waals surface area contributed by atoms with Crippen molar-refractivity contribution >= 4 is 26.0 Å². The van der Waals surface area contributed by atoms with Crippen LogP contribution in [-0.2, 0) is 14.4 Å². The number of β-lactam (4-membered cyclic amide) rings is 1. The zero-order chi connectivity index (χ0) is 10.6. The smallest absolute Gasteiger partial charge is 0.238 e. The molecule has 0 aromatic heterocycles. The van der Waals surface area contributed by atoms with Gasteiger partial charge in [0.05, 0.1) is 18.5 Å². The normalized spacial score (nSPS) is 25.0. The average molecular weight is 194 g/mol. The molecular weight excluding hydrogens is 183 g/mol. The molecule has 1 aliphatic heterocycles. The number of hydrogen-bond acceptors (Lipinski definition) is 4. The number of aldehydes is 1. The van der Waals surface area contributed by atoms with Gasteiger partial charge in [0.1, 0.15) is 12.1 Å². The number of nitrogens with one attached hydrogen (secondary N) is 2. The van der Waals surface area contributed by atoms with E-state index in [4.69, 9.17) is 7.98 Å². The molecule has 1 saturated heterocycles. The molecule has 2 radical (unpaired) electrons. The number of amides is 1. The average Bonchev–Trinajstić information content (AvgIpc) is 2.13. The maximum Gasteiger partial charge on any atom is 0.238 e. The summed E-state index contributed by atoms with van der Waals surface area (Å²) in [7, 11) is 5.13. The van der Waals surface area contributed by atoms with E-state index in [2.05, 4.69) is 10.5 Å². The topological polar surface area (TPSA) is 75.3 Å². The highest BCUT2D eigenvalue weighted by Crippen LogP contribution is 2.12. The molecule has 1 fully saturated rings. The lowest BCUT2D eigenvalue weighted by Gasteiger charge is -2.36. The van der Waals surface area contributed by atoms with Crippen molar-refractivity contribution < 1.29 is 14.4 Å². The third-order valence-electron chi connectivity index (χ3n) is 2.24. The summed E-state index contributed by atoms with van der Waals surface area (Å²) in [5.41, 5.74) is 0. The first-order chi connectivity index (χ1) is 6.69. The van der Waals surface area contributed by atoms with Crippen LogP contribution in [0.1, 0.15) is 19.3 Å². The zero-order valence-electron chi connectivity index (χ0n) is 7.66. The van der Waals surface area contributed by atoms with Crippen molar-refractivity contribution in [2.75, 3.05) is 0 Å². The quantitative estimate of drug-likeness (QED) is 0.232. The van der Waals surface area contributed by atoms with Crippen LogP contribution in [0.5, 0.6) is 0 Å². The van der Waals surface area contributed by atoms with Gasteiger partial charge in [-0.25, -0.2) is 0 Å². The van der Waals surface area contributed by atoms with Crippen LogP contribution in [0.15, 0.2) is 0 Å². The van der Waals surface area contributed by atoms with Crippen LogP contribution < -0.4 is 10.5 Å². The van der Waals surface area contributed by atoms with Crippen LogP contribution >= 0.6 is 0 Å². The third kappa shape index (κ3) is 2.41. The minimum absolute atomic E-state index is 0.0542. The van der Waals surface area contributed by atoms with Crippen molar-refractivity contribution in [2.45, 2.75) is 31.3 Å². The molecule has 0 aliphatic carbocycles. The molecule has 6 heteroatoms. The van der Waals surface area contributed by atoms with E-state index < -0.39 is 6.04 Å². The lowest BCUT2D eigenvalue weighted by molar-refractivity contribution is -0.132. The summed E-state index contributed by atoms with van der Waals surface area (Å²) in [6, 6.07) is -0.498. The maximum absolute atomic E-state index is 11.0. The largest absolute Gasteiger partial charge is 0.354 e. The Morgan fingerprint density at radius 1 is 1.64 bits per heavy atom. The minimum atomic E-state index is -0.404. The van der Waals surface area contributed by atoms with Gasteiger partial charge in [0.25, 0.3) is 0 Å². The van der Waals surface area contributed by atoms with E-state index in [-0.39, 0.29) is 24.2 Å². The maximum atomic E-state index is 11.0. The van der Waals surface area contributed by atoms with Gasteiger partial charge < -0.3 is 15.3 Å². The molecule has 2 atom stereocenters. The SMILES string of the molecule is [B]NC1C(=O)NC1CCC(=O)CC=O. The highest BCUT2D eigenvalue weighted by atomic mass is 16.2. The Hall–Kier alpha value is -1.17. The molecule has 5 nitrogen and oxygen atoms in total. The Labute approximate surface area is 83.0 Å². The van der Waals surface area contributed by atoms with Crippen molar-refractivity contribution in [2.24, 2.45) is 0 Å². The Kier molecular flexibility index (Phi) is 3.82. The number of carbonyl (C=O) groups excluding carboxylic acids is 3. The molecule has 1 heterocycles. The van der Waals surface area contributed by atoms with Gasteiger partial charge in [0.15, 0.2) is 7.98 Å². The van der Waals surface area contributed by atoms with Gasteiger partial charge in [-0.05, 0) is 6.42 Å². The Bertz CT molecular complexity index is 257. The van der Waals surface area contributed by atoms with Gasteiger partial charge in [-0.1, -0.05) is 0 Å². The highest BCUT2D eigenvalue weighted by Gasteiger charge is 2.37. The fraction of sp³-hybridized carbons (Fsp3) is 0.625. The molecule has 74 valence electrons. The van der Waals surface area contributed by atoms with Crippen molar-refractivity contribution in [1.29, 1.82) is 0 Å². The van der Waals surface area contributed by atoms with Gasteiger partial charge >= 0.3 is 0 Å². The predicted octanol–water partition coefficient (Wildman–Crippen LogP) is -1.54. The third-order valence-corrected chi connectivity index (χ3v) is 2.24. The van der Waals surface area contributed by atoms with Crippen molar-refractivity contribution in [3.05, 3.63) is 0 Å². The Morgan fingerprint density at radius 3 is 2.86 bits per heavy atom. The highest BCUT2D eigenvalue weighted by molar-refractivity contribution is 6.08. The molecule has 1 aliphatic rings. The Morgan fingerprint density at radius 2 is 2.36 bits per heavy atom. The van der Waals surface area contributed by atoms with Crippen LogP contribution in [-0.4, -0.2) is 38.0 Å². The molecule has 0 aromatic rings. The molecule has 0 aromatic carbocycles. The lowest BCUT2D eigenvalue weighted by Crippen LogP contribution is -2.67. The van der Waals surface area contributed by atoms with E-state index in [1.807, 2.05) is 0 Å². The fourth-order valence-corrected chi connectivity index (χ4v) is 1.38. The van der Waals surface area contributed by atoms with Gasteiger partial charge in [-0.2, -0.15) is 0 Å². The predicted molar refractivity (Wildman–Crippen MR) is 49.5 cm³/mol. The number of ketones is 1. The van der Waals surface area contributed by atoms with Crippen LogP contribution in [0.25, 0.3) is 0 Å². The van der Waals surface area contributed by atoms with Crippen LogP contribution in [0.3, 0.4) is 0 Å². The van der Waals surface area contributed by atoms with E-state index in [1.54, 1.807) is 0 Å². The number of carbonyl (C=O) groups is 3. The monoisotopic (exact) mass is 194 g/mol. The first-order valence-electron chi connectivity index (χ1n) is 4.41. The second kappa shape index (κ2) is 4.90. The zero-order valence-corrected chi connectivity index (χ0v) is 7.66. The summed E-state index contributed by atoms with van der Waals surface area (Å²) in [6.45, 7) is 0.